The Labute approximate surface area is 60.9 Å². The first-order chi connectivity index (χ1) is 4.70. The van der Waals surface area contributed by atoms with Crippen LogP contribution in [-0.2, 0) is 0 Å². The summed E-state index contributed by atoms with van der Waals surface area (Å²) >= 11 is 0. The molecule has 0 N–H and O–H groups in total. The van der Waals surface area contributed by atoms with E-state index in [0.29, 0.717) is 5.70 Å². The van der Waals surface area contributed by atoms with Crippen LogP contribution in [0.25, 0.3) is 0 Å². The van der Waals surface area contributed by atoms with Crippen molar-refractivity contribution < 1.29 is 0 Å². The van der Waals surface area contributed by atoms with E-state index in [0.717, 1.165) is 5.57 Å². The molecule has 0 saturated heterocycles. The summed E-state index contributed by atoms with van der Waals surface area (Å²) in [6.07, 6.45) is 4.88. The molecule has 54 valence electrons. The van der Waals surface area contributed by atoms with E-state index in [9.17, 15) is 4.91 Å². The Hall–Kier alpha value is -1.18. The molecule has 0 fully saturated rings. The molecule has 2 heteroatoms. The van der Waals surface area contributed by atoms with Crippen LogP contribution >= 0.6 is 0 Å². The molecule has 0 saturated carbocycles. The largest absolute Gasteiger partial charge is 0.145 e. The lowest BCUT2D eigenvalue weighted by Crippen LogP contribution is -1.67. The normalized spacial score (nSPS) is 10.4. The van der Waals surface area contributed by atoms with E-state index in [1.54, 1.807) is 6.08 Å². The van der Waals surface area contributed by atoms with Crippen molar-refractivity contribution in [3.8, 4) is 0 Å². The van der Waals surface area contributed by atoms with Gasteiger partial charge in [-0.25, -0.2) is 0 Å². The molecular formula is C8H11NO. The van der Waals surface area contributed by atoms with Gasteiger partial charge in [-0.3, -0.25) is 0 Å². The Bertz CT molecular complexity index is 175. The van der Waals surface area contributed by atoms with Crippen LogP contribution in [0.15, 0.2) is 41.3 Å². The highest BCUT2D eigenvalue weighted by Gasteiger charge is 1.83. The highest BCUT2D eigenvalue weighted by Crippen LogP contribution is 1.98. The number of rotatable bonds is 3. The van der Waals surface area contributed by atoms with Gasteiger partial charge in [0.05, 0.1) is 0 Å². The minimum atomic E-state index is 0.362. The molecule has 0 bridgehead atoms. The van der Waals surface area contributed by atoms with Gasteiger partial charge in [0.1, 0.15) is 5.70 Å². The fourth-order valence-electron chi connectivity index (χ4n) is 0.388. The predicted molar refractivity (Wildman–Crippen MR) is 43.5 cm³/mol. The van der Waals surface area contributed by atoms with Crippen LogP contribution in [0.1, 0.15) is 13.8 Å². The molecule has 0 unspecified atom stereocenters. The van der Waals surface area contributed by atoms with Gasteiger partial charge in [-0.15, -0.1) is 4.91 Å². The molecule has 0 aromatic carbocycles. The van der Waals surface area contributed by atoms with Gasteiger partial charge in [-0.1, -0.05) is 18.2 Å². The highest BCUT2D eigenvalue weighted by molar-refractivity contribution is 5.22. The van der Waals surface area contributed by atoms with Crippen molar-refractivity contribution >= 4 is 0 Å². The summed E-state index contributed by atoms with van der Waals surface area (Å²) in [6, 6.07) is 0. The first-order valence-corrected chi connectivity index (χ1v) is 3.01. The fourth-order valence-corrected chi connectivity index (χ4v) is 0.388. The third kappa shape index (κ3) is 3.78. The van der Waals surface area contributed by atoms with Gasteiger partial charge in [0.15, 0.2) is 0 Å². The lowest BCUT2D eigenvalue weighted by Gasteiger charge is -1.84. The summed E-state index contributed by atoms with van der Waals surface area (Å²) < 4.78 is 0. The van der Waals surface area contributed by atoms with Gasteiger partial charge >= 0.3 is 0 Å². The van der Waals surface area contributed by atoms with E-state index in [-0.39, 0.29) is 0 Å². The number of allylic oxidation sites excluding steroid dienone is 4. The Kier molecular flexibility index (Phi) is 4.12. The van der Waals surface area contributed by atoms with Crippen LogP contribution in [0.2, 0.25) is 0 Å². The summed E-state index contributed by atoms with van der Waals surface area (Å²) in [5.41, 5.74) is 1.49. The molecule has 0 spiro atoms. The standard InChI is InChI=1S/C8H11NO/c1-4-8(9-10)6-5-7(2)3/h4-6H,1H2,2-3H3/b8-6+. The summed E-state index contributed by atoms with van der Waals surface area (Å²) in [5, 5.41) is 2.73. The molecular weight excluding hydrogens is 126 g/mol. The Morgan fingerprint density at radius 2 is 2.00 bits per heavy atom. The molecule has 0 rings (SSSR count). The van der Waals surface area contributed by atoms with Crippen LogP contribution in [0, 0.1) is 4.91 Å². The van der Waals surface area contributed by atoms with E-state index in [2.05, 4.69) is 11.8 Å². The van der Waals surface area contributed by atoms with Gasteiger partial charge in [0, 0.05) is 0 Å². The topological polar surface area (TPSA) is 29.4 Å². The number of hydrogen-bond donors (Lipinski definition) is 0. The Morgan fingerprint density at radius 1 is 1.40 bits per heavy atom. The first-order valence-electron chi connectivity index (χ1n) is 3.01. The third-order valence-electron chi connectivity index (χ3n) is 0.902. The molecule has 0 aliphatic rings. The van der Waals surface area contributed by atoms with E-state index in [1.807, 2.05) is 19.9 Å². The SMILES string of the molecule is C=C/C(=C\C=C(C)C)N=O. The molecule has 0 aliphatic heterocycles. The molecule has 0 heterocycles. The van der Waals surface area contributed by atoms with Crippen LogP contribution in [0.3, 0.4) is 0 Å². The van der Waals surface area contributed by atoms with Crippen molar-refractivity contribution in [2.24, 2.45) is 5.18 Å². The molecule has 0 aromatic heterocycles. The molecule has 0 aliphatic carbocycles. The van der Waals surface area contributed by atoms with Crippen molar-refractivity contribution in [3.05, 3.63) is 41.0 Å². The monoisotopic (exact) mass is 137 g/mol. The lowest BCUT2D eigenvalue weighted by molar-refractivity contribution is 1.35. The average Bonchev–Trinajstić information content (AvgIpc) is 1.90. The van der Waals surface area contributed by atoms with Gasteiger partial charge < -0.3 is 0 Å². The van der Waals surface area contributed by atoms with Crippen LogP contribution in [0.4, 0.5) is 0 Å². The zero-order valence-corrected chi connectivity index (χ0v) is 6.29. The smallest absolute Gasteiger partial charge is 0.107 e. The lowest BCUT2D eigenvalue weighted by atomic mass is 10.3. The zero-order chi connectivity index (χ0) is 7.98. The zero-order valence-electron chi connectivity index (χ0n) is 6.29. The highest BCUT2D eigenvalue weighted by atomic mass is 16.3. The second kappa shape index (κ2) is 4.68. The minimum Gasteiger partial charge on any atom is -0.145 e. The molecule has 0 aromatic rings. The van der Waals surface area contributed by atoms with Gasteiger partial charge in [0.25, 0.3) is 0 Å². The predicted octanol–water partition coefficient (Wildman–Crippen LogP) is 2.79. The summed E-state index contributed by atoms with van der Waals surface area (Å²) in [4.78, 5) is 9.93. The maximum absolute atomic E-state index is 9.93. The third-order valence-corrected chi connectivity index (χ3v) is 0.902. The molecule has 0 radical (unpaired) electrons. The van der Waals surface area contributed by atoms with Crippen molar-refractivity contribution in [2.45, 2.75) is 13.8 Å². The summed E-state index contributed by atoms with van der Waals surface area (Å²) in [7, 11) is 0. The van der Waals surface area contributed by atoms with E-state index >= 15 is 0 Å². The van der Waals surface area contributed by atoms with Gasteiger partial charge in [-0.2, -0.15) is 0 Å². The van der Waals surface area contributed by atoms with Gasteiger partial charge in [0.2, 0.25) is 0 Å². The number of nitrogens with zero attached hydrogens (tertiary/aromatic N) is 1. The van der Waals surface area contributed by atoms with E-state index in [1.165, 1.54) is 6.08 Å². The number of nitroso groups, excluding NO2 is 1. The molecule has 2 nitrogen and oxygen atoms in total. The second-order valence-corrected chi connectivity index (χ2v) is 2.13. The fraction of sp³-hybridized carbons (Fsp3) is 0.250. The second-order valence-electron chi connectivity index (χ2n) is 2.13. The van der Waals surface area contributed by atoms with Crippen LogP contribution in [0.5, 0.6) is 0 Å². The summed E-state index contributed by atoms with van der Waals surface area (Å²) in [5.74, 6) is 0. The van der Waals surface area contributed by atoms with Crippen LogP contribution in [-0.4, -0.2) is 0 Å². The van der Waals surface area contributed by atoms with Crippen molar-refractivity contribution in [1.29, 1.82) is 0 Å². The maximum atomic E-state index is 9.93. The number of hydrogen-bond acceptors (Lipinski definition) is 2. The first kappa shape index (κ1) is 8.82. The Balaban J connectivity index is 4.26. The maximum Gasteiger partial charge on any atom is 0.107 e. The van der Waals surface area contributed by atoms with Crippen molar-refractivity contribution in [2.75, 3.05) is 0 Å². The van der Waals surface area contributed by atoms with Crippen LogP contribution < -0.4 is 0 Å². The van der Waals surface area contributed by atoms with E-state index in [4.69, 9.17) is 0 Å². The quantitative estimate of drug-likeness (QED) is 0.434. The summed E-state index contributed by atoms with van der Waals surface area (Å²) in [6.45, 7) is 7.31. The van der Waals surface area contributed by atoms with Crippen molar-refractivity contribution in [3.63, 3.8) is 0 Å². The average molecular weight is 137 g/mol. The van der Waals surface area contributed by atoms with Crippen molar-refractivity contribution in [1.82, 2.24) is 0 Å². The molecule has 10 heavy (non-hydrogen) atoms. The van der Waals surface area contributed by atoms with E-state index < -0.39 is 0 Å². The molecule has 0 atom stereocenters. The minimum absolute atomic E-state index is 0.362. The Morgan fingerprint density at radius 3 is 2.30 bits per heavy atom. The van der Waals surface area contributed by atoms with Gasteiger partial charge in [-0.05, 0) is 31.2 Å². The molecule has 0 amide bonds.